The van der Waals surface area contributed by atoms with Gasteiger partial charge in [0.1, 0.15) is 5.70 Å². The Morgan fingerprint density at radius 3 is 2.65 bits per heavy atom. The lowest BCUT2D eigenvalue weighted by atomic mass is 10.1. The first kappa shape index (κ1) is 17.0. The first-order chi connectivity index (χ1) is 12.5. The van der Waals surface area contributed by atoms with Crippen LogP contribution in [0.3, 0.4) is 0 Å². The number of amides is 1. The third-order valence-electron chi connectivity index (χ3n) is 4.45. The second-order valence-corrected chi connectivity index (χ2v) is 7.51. The van der Waals surface area contributed by atoms with Crippen LogP contribution >= 0.6 is 28.1 Å². The van der Waals surface area contributed by atoms with Gasteiger partial charge in [-0.3, -0.25) is 9.69 Å². The minimum Gasteiger partial charge on any atom is -0.342 e. The monoisotopic (exact) mass is 425 g/mol. The quantitative estimate of drug-likeness (QED) is 0.506. The molecule has 26 heavy (non-hydrogen) atoms. The normalized spacial score (nSPS) is 15.9. The van der Waals surface area contributed by atoms with Crippen molar-refractivity contribution in [1.82, 2.24) is 14.8 Å². The molecule has 130 valence electrons. The molecule has 0 unspecified atom stereocenters. The van der Waals surface area contributed by atoms with E-state index in [0.717, 1.165) is 27.5 Å². The minimum atomic E-state index is -0.117. The van der Waals surface area contributed by atoms with Crippen molar-refractivity contribution in [2.24, 2.45) is 0 Å². The average Bonchev–Trinajstić information content (AvgIpc) is 3.08. The summed E-state index contributed by atoms with van der Waals surface area (Å²) in [5.41, 5.74) is 3.81. The van der Waals surface area contributed by atoms with E-state index >= 15 is 0 Å². The second-order valence-electron chi connectivity index (χ2n) is 6.21. The van der Waals surface area contributed by atoms with Crippen LogP contribution < -0.4 is 5.32 Å². The highest BCUT2D eigenvalue weighted by Gasteiger charge is 2.27. The van der Waals surface area contributed by atoms with Gasteiger partial charge in [0, 0.05) is 40.7 Å². The molecule has 0 radical (unpaired) electrons. The predicted molar refractivity (Wildman–Crippen MR) is 112 cm³/mol. The van der Waals surface area contributed by atoms with Gasteiger partial charge in [-0.05, 0) is 42.1 Å². The van der Waals surface area contributed by atoms with Gasteiger partial charge in [0.15, 0.2) is 5.11 Å². The number of aromatic nitrogens is 1. The van der Waals surface area contributed by atoms with E-state index in [9.17, 15) is 4.79 Å². The maximum Gasteiger partial charge on any atom is 0.276 e. The highest BCUT2D eigenvalue weighted by atomic mass is 79.9. The van der Waals surface area contributed by atoms with Crippen molar-refractivity contribution in [2.75, 3.05) is 7.05 Å². The topological polar surface area (TPSA) is 37.3 Å². The van der Waals surface area contributed by atoms with Crippen molar-refractivity contribution >= 4 is 56.1 Å². The van der Waals surface area contributed by atoms with Crippen LogP contribution in [0.15, 0.2) is 64.9 Å². The molecule has 0 bridgehead atoms. The highest BCUT2D eigenvalue weighted by molar-refractivity contribution is 9.10. The maximum absolute atomic E-state index is 12.3. The summed E-state index contributed by atoms with van der Waals surface area (Å²) in [4.78, 5) is 13.8. The van der Waals surface area contributed by atoms with Crippen LogP contribution in [-0.4, -0.2) is 27.5 Å². The molecule has 1 saturated heterocycles. The Hall–Kier alpha value is -2.44. The number of benzene rings is 2. The molecule has 1 fully saturated rings. The number of fused-ring (bicyclic) bond motifs is 1. The molecule has 2 aromatic carbocycles. The summed E-state index contributed by atoms with van der Waals surface area (Å²) >= 11 is 8.71. The van der Waals surface area contributed by atoms with Gasteiger partial charge in [0.05, 0.1) is 0 Å². The zero-order valence-corrected chi connectivity index (χ0v) is 16.5. The van der Waals surface area contributed by atoms with Crippen molar-refractivity contribution in [3.05, 3.63) is 76.0 Å². The van der Waals surface area contributed by atoms with Gasteiger partial charge in [-0.15, -0.1) is 0 Å². The third-order valence-corrected chi connectivity index (χ3v) is 5.32. The van der Waals surface area contributed by atoms with Gasteiger partial charge < -0.3 is 9.88 Å². The number of likely N-dealkylation sites (N-methyl/N-ethyl adjacent to an activating group) is 1. The largest absolute Gasteiger partial charge is 0.342 e. The molecule has 4 rings (SSSR count). The average molecular weight is 426 g/mol. The molecule has 0 spiro atoms. The van der Waals surface area contributed by atoms with Crippen LogP contribution in [0.2, 0.25) is 0 Å². The minimum absolute atomic E-state index is 0.117. The van der Waals surface area contributed by atoms with Crippen molar-refractivity contribution in [2.45, 2.75) is 6.54 Å². The summed E-state index contributed by atoms with van der Waals surface area (Å²) < 4.78 is 3.20. The van der Waals surface area contributed by atoms with E-state index in [1.807, 2.05) is 30.3 Å². The number of hydrogen-bond acceptors (Lipinski definition) is 2. The first-order valence-electron chi connectivity index (χ1n) is 8.16. The lowest BCUT2D eigenvalue weighted by Crippen LogP contribution is -2.25. The molecule has 1 N–H and O–H groups in total. The Morgan fingerprint density at radius 1 is 1.19 bits per heavy atom. The smallest absolute Gasteiger partial charge is 0.276 e. The number of thiocarbonyl (C=S) groups is 1. The zero-order chi connectivity index (χ0) is 18.3. The van der Waals surface area contributed by atoms with Gasteiger partial charge >= 0.3 is 0 Å². The van der Waals surface area contributed by atoms with E-state index in [-0.39, 0.29) is 5.91 Å². The Kier molecular flexibility index (Phi) is 4.38. The Labute approximate surface area is 165 Å². The molecule has 4 nitrogen and oxygen atoms in total. The van der Waals surface area contributed by atoms with E-state index in [2.05, 4.69) is 56.3 Å². The second kappa shape index (κ2) is 6.70. The number of hydrogen-bond donors (Lipinski definition) is 1. The van der Waals surface area contributed by atoms with Crippen LogP contribution in [0.4, 0.5) is 0 Å². The number of halogens is 1. The summed E-state index contributed by atoms with van der Waals surface area (Å²) in [6, 6.07) is 16.5. The lowest BCUT2D eigenvalue weighted by Gasteiger charge is -2.05. The Morgan fingerprint density at radius 2 is 1.96 bits per heavy atom. The molecule has 6 heteroatoms. The van der Waals surface area contributed by atoms with Gasteiger partial charge in [-0.25, -0.2) is 0 Å². The Balaban J connectivity index is 1.81. The molecule has 1 aliphatic heterocycles. The summed E-state index contributed by atoms with van der Waals surface area (Å²) in [6.07, 6.45) is 3.95. The van der Waals surface area contributed by atoms with E-state index in [1.54, 1.807) is 7.05 Å². The number of carbonyl (C=O) groups excluding carboxylic acids is 1. The highest BCUT2D eigenvalue weighted by Crippen LogP contribution is 2.28. The maximum atomic E-state index is 12.3. The molecule has 3 aromatic rings. The third kappa shape index (κ3) is 3.06. The molecule has 1 amide bonds. The fourth-order valence-corrected chi connectivity index (χ4v) is 3.66. The molecule has 2 heterocycles. The number of nitrogens with zero attached hydrogens (tertiary/aromatic N) is 2. The molecular formula is C20H16BrN3OS. The summed E-state index contributed by atoms with van der Waals surface area (Å²) in [6.45, 7) is 0.766. The van der Waals surface area contributed by atoms with Crippen LogP contribution in [0.5, 0.6) is 0 Å². The fourth-order valence-electron chi connectivity index (χ4n) is 3.10. The van der Waals surface area contributed by atoms with Crippen LogP contribution in [0, 0.1) is 0 Å². The van der Waals surface area contributed by atoms with E-state index in [4.69, 9.17) is 12.2 Å². The van der Waals surface area contributed by atoms with Gasteiger partial charge in [-0.2, -0.15) is 0 Å². The van der Waals surface area contributed by atoms with Crippen molar-refractivity contribution < 1.29 is 4.79 Å². The van der Waals surface area contributed by atoms with Gasteiger partial charge in [0.2, 0.25) is 0 Å². The van der Waals surface area contributed by atoms with Crippen molar-refractivity contribution in [3.63, 3.8) is 0 Å². The Bertz CT molecular complexity index is 1060. The van der Waals surface area contributed by atoms with Crippen LogP contribution in [0.25, 0.3) is 17.0 Å². The number of carbonyl (C=O) groups is 1. The lowest BCUT2D eigenvalue weighted by molar-refractivity contribution is -0.121. The molecular weight excluding hydrogens is 410 g/mol. The molecule has 0 saturated carbocycles. The standard InChI is InChI=1S/C20H16BrN3OS/c1-23-19(25)17(22-20(23)26)9-14-12-24(11-13-5-3-2-4-6-13)18-8-7-15(21)10-16(14)18/h2-10,12H,11H2,1H3,(H,22,26)/b17-9-. The van der Waals surface area contributed by atoms with E-state index < -0.39 is 0 Å². The number of nitrogens with one attached hydrogen (secondary N) is 1. The number of rotatable bonds is 3. The zero-order valence-electron chi connectivity index (χ0n) is 14.1. The molecule has 1 aromatic heterocycles. The predicted octanol–water partition coefficient (Wildman–Crippen LogP) is 4.14. The molecule has 1 aliphatic rings. The van der Waals surface area contributed by atoms with Crippen molar-refractivity contribution in [1.29, 1.82) is 0 Å². The van der Waals surface area contributed by atoms with E-state index in [1.165, 1.54) is 10.5 Å². The van der Waals surface area contributed by atoms with E-state index in [0.29, 0.717) is 10.8 Å². The van der Waals surface area contributed by atoms with Crippen molar-refractivity contribution in [3.8, 4) is 0 Å². The summed E-state index contributed by atoms with van der Waals surface area (Å²) in [7, 11) is 1.67. The SMILES string of the molecule is CN1C(=O)/C(=C/c2cn(Cc3ccccc3)c3ccc(Br)cc23)NC1=S. The van der Waals surface area contributed by atoms with Gasteiger partial charge in [-0.1, -0.05) is 46.3 Å². The molecule has 0 aliphatic carbocycles. The van der Waals surface area contributed by atoms with Gasteiger partial charge in [0.25, 0.3) is 5.91 Å². The van der Waals surface area contributed by atoms with Crippen LogP contribution in [0.1, 0.15) is 11.1 Å². The summed E-state index contributed by atoms with van der Waals surface area (Å²) in [5, 5.41) is 4.50. The molecule has 0 atom stereocenters. The fraction of sp³-hybridized carbons (Fsp3) is 0.100. The first-order valence-corrected chi connectivity index (χ1v) is 9.36. The summed E-state index contributed by atoms with van der Waals surface area (Å²) in [5.74, 6) is -0.117. The van der Waals surface area contributed by atoms with Crippen LogP contribution in [-0.2, 0) is 11.3 Å².